The van der Waals surface area contributed by atoms with E-state index in [2.05, 4.69) is 20.9 Å². The van der Waals surface area contributed by atoms with Crippen LogP contribution in [0.1, 0.15) is 22.8 Å². The number of para-hydroxylation sites is 1. The summed E-state index contributed by atoms with van der Waals surface area (Å²) < 4.78 is 20.4. The third-order valence-corrected chi connectivity index (χ3v) is 5.11. The monoisotopic (exact) mass is 485 g/mol. The minimum Gasteiger partial charge on any atom is -0.494 e. The van der Waals surface area contributed by atoms with Gasteiger partial charge >= 0.3 is 0 Å². The maximum absolute atomic E-state index is 13.4. The third kappa shape index (κ3) is 6.20. The fourth-order valence-electron chi connectivity index (χ4n) is 3.37. The summed E-state index contributed by atoms with van der Waals surface area (Å²) in [5.41, 5.74) is 5.52. The molecule has 2 amide bonds. The van der Waals surface area contributed by atoms with E-state index in [0.717, 1.165) is 5.69 Å². The van der Waals surface area contributed by atoms with Gasteiger partial charge in [-0.3, -0.25) is 9.59 Å². The van der Waals surface area contributed by atoms with Crippen molar-refractivity contribution in [2.45, 2.75) is 6.92 Å². The molecule has 8 nitrogen and oxygen atoms in total. The highest BCUT2D eigenvalue weighted by molar-refractivity contribution is 5.96. The number of rotatable bonds is 9. The van der Waals surface area contributed by atoms with E-state index in [1.165, 1.54) is 18.3 Å². The van der Waals surface area contributed by atoms with Crippen molar-refractivity contribution < 1.29 is 18.7 Å². The zero-order valence-electron chi connectivity index (χ0n) is 19.5. The van der Waals surface area contributed by atoms with Gasteiger partial charge in [0.25, 0.3) is 11.8 Å². The van der Waals surface area contributed by atoms with Crippen molar-refractivity contribution in [3.63, 3.8) is 0 Å². The van der Waals surface area contributed by atoms with Gasteiger partial charge in [-0.2, -0.15) is 10.2 Å². The zero-order valence-corrected chi connectivity index (χ0v) is 19.5. The molecule has 2 N–H and O–H groups in total. The number of hydrazone groups is 1. The second kappa shape index (κ2) is 11.6. The van der Waals surface area contributed by atoms with Gasteiger partial charge in [0.2, 0.25) is 0 Å². The zero-order chi connectivity index (χ0) is 25.3. The first-order chi connectivity index (χ1) is 17.5. The number of nitrogens with one attached hydrogen (secondary N) is 2. The van der Waals surface area contributed by atoms with Crippen LogP contribution < -0.4 is 15.5 Å². The molecule has 1 aromatic heterocycles. The van der Waals surface area contributed by atoms with E-state index in [1.807, 2.05) is 37.3 Å². The van der Waals surface area contributed by atoms with Crippen LogP contribution in [0, 0.1) is 5.82 Å². The molecular formula is C27H24FN5O3. The van der Waals surface area contributed by atoms with Gasteiger partial charge in [-0.05, 0) is 67.6 Å². The van der Waals surface area contributed by atoms with E-state index in [0.29, 0.717) is 34.7 Å². The Morgan fingerprint density at radius 2 is 1.75 bits per heavy atom. The van der Waals surface area contributed by atoms with Gasteiger partial charge in [0.15, 0.2) is 0 Å². The van der Waals surface area contributed by atoms with E-state index in [-0.39, 0.29) is 18.3 Å². The topological polar surface area (TPSA) is 97.6 Å². The van der Waals surface area contributed by atoms with Crippen molar-refractivity contribution >= 4 is 18.0 Å². The first kappa shape index (κ1) is 24.3. The van der Waals surface area contributed by atoms with Crippen molar-refractivity contribution in [1.29, 1.82) is 0 Å². The molecule has 0 fully saturated rings. The molecule has 4 aromatic rings. The number of halogens is 1. The summed E-state index contributed by atoms with van der Waals surface area (Å²) in [6.07, 6.45) is 3.22. The molecule has 0 bridgehead atoms. The Morgan fingerprint density at radius 1 is 1.03 bits per heavy atom. The summed E-state index contributed by atoms with van der Waals surface area (Å²) >= 11 is 0. The lowest BCUT2D eigenvalue weighted by Crippen LogP contribution is -2.34. The molecule has 0 aliphatic carbocycles. The molecule has 0 saturated heterocycles. The van der Waals surface area contributed by atoms with Gasteiger partial charge in [0.1, 0.15) is 17.3 Å². The Bertz CT molecular complexity index is 1350. The van der Waals surface area contributed by atoms with Crippen LogP contribution in [-0.2, 0) is 4.79 Å². The van der Waals surface area contributed by atoms with E-state index in [4.69, 9.17) is 4.74 Å². The summed E-state index contributed by atoms with van der Waals surface area (Å²) in [6.45, 7) is 2.16. The quantitative estimate of drug-likeness (QED) is 0.277. The lowest BCUT2D eigenvalue weighted by atomic mass is 10.1. The second-order valence-electron chi connectivity index (χ2n) is 7.65. The van der Waals surface area contributed by atoms with Crippen LogP contribution in [0.3, 0.4) is 0 Å². The summed E-state index contributed by atoms with van der Waals surface area (Å²) in [5.74, 6) is -0.572. The first-order valence-corrected chi connectivity index (χ1v) is 11.3. The van der Waals surface area contributed by atoms with Crippen LogP contribution in [0.25, 0.3) is 16.9 Å². The molecule has 0 aliphatic rings. The Morgan fingerprint density at radius 3 is 2.44 bits per heavy atom. The summed E-state index contributed by atoms with van der Waals surface area (Å²) in [4.78, 5) is 24.5. The average molecular weight is 486 g/mol. The number of ether oxygens (including phenoxy) is 1. The summed E-state index contributed by atoms with van der Waals surface area (Å²) in [6, 6.07) is 22.1. The number of carbonyl (C=O) groups excluding carboxylic acids is 2. The molecular weight excluding hydrogens is 461 g/mol. The van der Waals surface area contributed by atoms with Crippen molar-refractivity contribution in [2.75, 3.05) is 13.2 Å². The normalized spacial score (nSPS) is 10.8. The van der Waals surface area contributed by atoms with E-state index >= 15 is 0 Å². The fourth-order valence-corrected chi connectivity index (χ4v) is 3.37. The van der Waals surface area contributed by atoms with E-state index < -0.39 is 5.91 Å². The standard InChI is InChI=1S/C27H24FN5O3/c1-2-36-24-14-10-20(11-15-24)27(35)29-17-25(34)31-30-16-21-18-33(23-6-4-3-5-7-23)32-26(21)19-8-12-22(28)13-9-19/h3-16,18H,2,17H2,1H3,(H,29,35)(H,31,34)/b30-16+. The van der Waals surface area contributed by atoms with Crippen LogP contribution in [0.15, 0.2) is 90.2 Å². The lowest BCUT2D eigenvalue weighted by molar-refractivity contribution is -0.120. The lowest BCUT2D eigenvalue weighted by Gasteiger charge is -2.06. The van der Waals surface area contributed by atoms with Crippen LogP contribution in [0.5, 0.6) is 5.75 Å². The molecule has 36 heavy (non-hydrogen) atoms. The average Bonchev–Trinajstić information content (AvgIpc) is 3.33. The Hall–Kier alpha value is -4.79. The molecule has 0 radical (unpaired) electrons. The van der Waals surface area contributed by atoms with Crippen LogP contribution in [0.2, 0.25) is 0 Å². The molecule has 0 atom stereocenters. The molecule has 0 spiro atoms. The molecule has 3 aromatic carbocycles. The van der Waals surface area contributed by atoms with Crippen LogP contribution >= 0.6 is 0 Å². The number of hydrogen-bond donors (Lipinski definition) is 2. The number of hydrogen-bond acceptors (Lipinski definition) is 5. The van der Waals surface area contributed by atoms with Gasteiger partial charge in [-0.25, -0.2) is 14.5 Å². The number of carbonyl (C=O) groups is 2. The maximum Gasteiger partial charge on any atom is 0.259 e. The van der Waals surface area contributed by atoms with Crippen molar-refractivity contribution in [3.05, 3.63) is 102 Å². The number of aromatic nitrogens is 2. The summed E-state index contributed by atoms with van der Waals surface area (Å²) in [7, 11) is 0. The minimum absolute atomic E-state index is 0.252. The van der Waals surface area contributed by atoms with Gasteiger partial charge < -0.3 is 10.1 Å². The highest BCUT2D eigenvalue weighted by atomic mass is 19.1. The Labute approximate surface area is 207 Å². The van der Waals surface area contributed by atoms with Gasteiger partial charge in [0.05, 0.1) is 25.1 Å². The van der Waals surface area contributed by atoms with Gasteiger partial charge in [-0.1, -0.05) is 18.2 Å². The van der Waals surface area contributed by atoms with Crippen molar-refractivity contribution in [1.82, 2.24) is 20.5 Å². The first-order valence-electron chi connectivity index (χ1n) is 11.3. The maximum atomic E-state index is 13.4. The highest BCUT2D eigenvalue weighted by Gasteiger charge is 2.12. The predicted octanol–water partition coefficient (Wildman–Crippen LogP) is 3.96. The van der Waals surface area contributed by atoms with Gasteiger partial charge in [0, 0.05) is 22.9 Å². The fraction of sp³-hybridized carbons (Fsp3) is 0.111. The molecule has 9 heteroatoms. The number of nitrogens with zero attached hydrogens (tertiary/aromatic N) is 3. The van der Waals surface area contributed by atoms with E-state index in [1.54, 1.807) is 47.3 Å². The smallest absolute Gasteiger partial charge is 0.259 e. The van der Waals surface area contributed by atoms with Crippen LogP contribution in [-0.4, -0.2) is 41.0 Å². The summed E-state index contributed by atoms with van der Waals surface area (Å²) in [5, 5.41) is 11.2. The largest absolute Gasteiger partial charge is 0.494 e. The van der Waals surface area contributed by atoms with Crippen molar-refractivity contribution in [2.24, 2.45) is 5.10 Å². The number of amides is 2. The highest BCUT2D eigenvalue weighted by Crippen LogP contribution is 2.23. The van der Waals surface area contributed by atoms with Crippen molar-refractivity contribution in [3.8, 4) is 22.7 Å². The minimum atomic E-state index is -0.496. The molecule has 0 aliphatic heterocycles. The molecule has 1 heterocycles. The number of benzene rings is 3. The van der Waals surface area contributed by atoms with Crippen LogP contribution in [0.4, 0.5) is 4.39 Å². The Kier molecular flexibility index (Phi) is 7.82. The Balaban J connectivity index is 1.41. The molecule has 4 rings (SSSR count). The third-order valence-electron chi connectivity index (χ3n) is 5.11. The molecule has 0 saturated carbocycles. The van der Waals surface area contributed by atoms with Gasteiger partial charge in [-0.15, -0.1) is 0 Å². The molecule has 182 valence electrons. The predicted molar refractivity (Wildman–Crippen MR) is 135 cm³/mol. The SMILES string of the molecule is CCOc1ccc(C(=O)NCC(=O)N/N=C/c2cn(-c3ccccc3)nc2-c2ccc(F)cc2)cc1. The van der Waals surface area contributed by atoms with E-state index in [9.17, 15) is 14.0 Å². The second-order valence-corrected chi connectivity index (χ2v) is 7.65. The molecule has 0 unspecified atom stereocenters.